The first-order chi connectivity index (χ1) is 12.4. The van der Waals surface area contributed by atoms with Gasteiger partial charge >= 0.3 is 0 Å². The number of aromatic hydroxyl groups is 1. The predicted molar refractivity (Wildman–Crippen MR) is 112 cm³/mol. The summed E-state index contributed by atoms with van der Waals surface area (Å²) in [4.78, 5) is 16.9. The highest BCUT2D eigenvalue weighted by atomic mass is 16.3. The fourth-order valence-corrected chi connectivity index (χ4v) is 2.65. The molecule has 0 aliphatic heterocycles. The van der Waals surface area contributed by atoms with E-state index in [1.165, 1.54) is 5.56 Å². The van der Waals surface area contributed by atoms with E-state index >= 15 is 0 Å². The van der Waals surface area contributed by atoms with E-state index in [2.05, 4.69) is 51.9 Å². The van der Waals surface area contributed by atoms with Gasteiger partial charge in [0.15, 0.2) is 0 Å². The lowest BCUT2D eigenvalue weighted by Gasteiger charge is -2.19. The van der Waals surface area contributed by atoms with Crippen molar-refractivity contribution < 1.29 is 9.90 Å². The molecule has 2 rings (SSSR count). The van der Waals surface area contributed by atoms with Crippen LogP contribution in [0.15, 0.2) is 47.5 Å². The number of nitrogens with one attached hydrogen (secondary N) is 1. The van der Waals surface area contributed by atoms with E-state index in [0.29, 0.717) is 17.1 Å². The summed E-state index contributed by atoms with van der Waals surface area (Å²) >= 11 is 0. The van der Waals surface area contributed by atoms with Crippen LogP contribution in [0.5, 0.6) is 5.75 Å². The number of aliphatic imine (C=N–C) groups is 1. The maximum absolute atomic E-state index is 12.5. The molecule has 0 saturated carbocycles. The lowest BCUT2D eigenvalue weighted by Crippen LogP contribution is -2.28. The summed E-state index contributed by atoms with van der Waals surface area (Å²) in [6, 6.07) is 13.0. The first kappa shape index (κ1) is 20.7. The van der Waals surface area contributed by atoms with E-state index in [4.69, 9.17) is 0 Å². The van der Waals surface area contributed by atoms with Crippen LogP contribution in [0.1, 0.15) is 70.0 Å². The maximum Gasteiger partial charge on any atom is 0.256 e. The summed E-state index contributed by atoms with van der Waals surface area (Å²) in [6.07, 6.45) is 0. The second-order valence-corrected chi connectivity index (χ2v) is 8.93. The molecule has 0 aromatic heterocycles. The molecule has 2 aromatic rings. The SMILES string of the molecule is CC(=Nc1cc(C(C)(C)C)ccc1O)NC(=O)c1ccc(C(C)(C)C)cc1. The van der Waals surface area contributed by atoms with Gasteiger partial charge in [0.05, 0.1) is 0 Å². The Hall–Kier alpha value is -2.62. The van der Waals surface area contributed by atoms with E-state index in [1.807, 2.05) is 36.4 Å². The second kappa shape index (κ2) is 7.55. The molecule has 0 saturated heterocycles. The third-order valence-electron chi connectivity index (χ3n) is 4.44. The number of benzene rings is 2. The van der Waals surface area contributed by atoms with E-state index in [0.717, 1.165) is 5.56 Å². The Labute approximate surface area is 162 Å². The number of phenolic OH excluding ortho intramolecular Hbond substituents is 1. The summed E-state index contributed by atoms with van der Waals surface area (Å²) in [5.74, 6) is 0.301. The number of carbonyl (C=O) groups is 1. The number of phenols is 1. The average Bonchev–Trinajstić information content (AvgIpc) is 2.55. The minimum atomic E-state index is -0.219. The quantitative estimate of drug-likeness (QED) is 0.547. The molecule has 2 aromatic carbocycles. The lowest BCUT2D eigenvalue weighted by atomic mass is 9.87. The lowest BCUT2D eigenvalue weighted by molar-refractivity contribution is 0.0977. The fourth-order valence-electron chi connectivity index (χ4n) is 2.65. The summed E-state index contributed by atoms with van der Waals surface area (Å²) in [5.41, 5.74) is 3.25. The molecule has 0 heterocycles. The first-order valence-electron chi connectivity index (χ1n) is 9.18. The normalized spacial score (nSPS) is 12.8. The molecule has 0 atom stereocenters. The largest absolute Gasteiger partial charge is 0.506 e. The van der Waals surface area contributed by atoms with Crippen LogP contribution < -0.4 is 5.32 Å². The summed E-state index contributed by atoms with van der Waals surface area (Å²) in [5, 5.41) is 12.9. The van der Waals surface area contributed by atoms with Crippen LogP contribution in [0.4, 0.5) is 5.69 Å². The Bertz CT molecular complexity index is 851. The van der Waals surface area contributed by atoms with Gasteiger partial charge in [0.1, 0.15) is 17.3 Å². The predicted octanol–water partition coefficient (Wildman–Crippen LogP) is 5.47. The molecule has 4 nitrogen and oxygen atoms in total. The molecule has 2 N–H and O–H groups in total. The van der Waals surface area contributed by atoms with Crippen LogP contribution in [-0.4, -0.2) is 16.8 Å². The van der Waals surface area contributed by atoms with Gasteiger partial charge in [-0.1, -0.05) is 59.7 Å². The number of rotatable bonds is 2. The van der Waals surface area contributed by atoms with E-state index < -0.39 is 0 Å². The van der Waals surface area contributed by atoms with E-state index in [9.17, 15) is 9.90 Å². The zero-order chi connectivity index (χ0) is 20.4. The Morgan fingerprint density at radius 3 is 1.93 bits per heavy atom. The molecule has 0 unspecified atom stereocenters. The van der Waals surface area contributed by atoms with Crippen molar-refractivity contribution in [1.29, 1.82) is 0 Å². The monoisotopic (exact) mass is 366 g/mol. The summed E-state index contributed by atoms with van der Waals surface area (Å²) in [6.45, 7) is 14.4. The zero-order valence-electron chi connectivity index (χ0n) is 17.3. The van der Waals surface area contributed by atoms with Gasteiger partial charge < -0.3 is 10.4 Å². The Morgan fingerprint density at radius 1 is 0.889 bits per heavy atom. The molecule has 0 aliphatic carbocycles. The van der Waals surface area contributed by atoms with Gasteiger partial charge in [-0.25, -0.2) is 4.99 Å². The molecule has 1 amide bonds. The second-order valence-electron chi connectivity index (χ2n) is 8.93. The van der Waals surface area contributed by atoms with Crippen molar-refractivity contribution in [2.45, 2.75) is 59.3 Å². The summed E-state index contributed by atoms with van der Waals surface area (Å²) in [7, 11) is 0. The molecule has 0 spiro atoms. The third kappa shape index (κ3) is 5.43. The zero-order valence-corrected chi connectivity index (χ0v) is 17.3. The van der Waals surface area contributed by atoms with Crippen LogP contribution in [0.25, 0.3) is 0 Å². The number of amides is 1. The highest BCUT2D eigenvalue weighted by Gasteiger charge is 2.16. The van der Waals surface area contributed by atoms with E-state index in [1.54, 1.807) is 13.0 Å². The fraction of sp³-hybridized carbons (Fsp3) is 0.391. The Balaban J connectivity index is 2.19. The number of carbonyl (C=O) groups excluding carboxylic acids is 1. The van der Waals surface area contributed by atoms with Crippen LogP contribution in [0.2, 0.25) is 0 Å². The van der Waals surface area contributed by atoms with Crippen molar-refractivity contribution in [3.8, 4) is 5.75 Å². The molecule has 0 aliphatic rings. The van der Waals surface area contributed by atoms with Crippen molar-refractivity contribution in [2.24, 2.45) is 4.99 Å². The van der Waals surface area contributed by atoms with Crippen molar-refractivity contribution in [2.75, 3.05) is 0 Å². The molecular weight excluding hydrogens is 336 g/mol. The van der Waals surface area contributed by atoms with Crippen LogP contribution in [-0.2, 0) is 10.8 Å². The molecule has 144 valence electrons. The molecule has 27 heavy (non-hydrogen) atoms. The average molecular weight is 367 g/mol. The smallest absolute Gasteiger partial charge is 0.256 e. The Morgan fingerprint density at radius 2 is 1.41 bits per heavy atom. The van der Waals surface area contributed by atoms with Crippen molar-refractivity contribution >= 4 is 17.4 Å². The number of hydrogen-bond donors (Lipinski definition) is 2. The van der Waals surface area contributed by atoms with Gasteiger partial charge in [0.25, 0.3) is 5.91 Å². The van der Waals surface area contributed by atoms with Gasteiger partial charge in [-0.05, 0) is 53.1 Å². The van der Waals surface area contributed by atoms with Gasteiger partial charge in [-0.3, -0.25) is 4.79 Å². The topological polar surface area (TPSA) is 61.7 Å². The van der Waals surface area contributed by atoms with Crippen molar-refractivity contribution in [3.05, 3.63) is 59.2 Å². The van der Waals surface area contributed by atoms with Crippen LogP contribution >= 0.6 is 0 Å². The summed E-state index contributed by atoms with van der Waals surface area (Å²) < 4.78 is 0. The highest BCUT2D eigenvalue weighted by molar-refractivity contribution is 6.06. The first-order valence-corrected chi connectivity index (χ1v) is 9.18. The maximum atomic E-state index is 12.5. The van der Waals surface area contributed by atoms with Crippen molar-refractivity contribution in [3.63, 3.8) is 0 Å². The minimum absolute atomic E-state index is 0.0436. The molecule has 0 radical (unpaired) electrons. The van der Waals surface area contributed by atoms with Crippen LogP contribution in [0.3, 0.4) is 0 Å². The van der Waals surface area contributed by atoms with Gasteiger partial charge in [-0.2, -0.15) is 0 Å². The number of amidine groups is 1. The standard InChI is InChI=1S/C23H30N2O2/c1-15(24-19-14-18(23(5,6)7)12-13-20(19)26)25-21(27)16-8-10-17(11-9-16)22(2,3)4/h8-14,26H,1-7H3,(H,24,25,27). The number of nitrogens with zero attached hydrogens (tertiary/aromatic N) is 1. The van der Waals surface area contributed by atoms with Crippen molar-refractivity contribution in [1.82, 2.24) is 5.32 Å². The molecule has 0 fully saturated rings. The van der Waals surface area contributed by atoms with Gasteiger partial charge in [-0.15, -0.1) is 0 Å². The molecular formula is C23H30N2O2. The van der Waals surface area contributed by atoms with Crippen LogP contribution in [0, 0.1) is 0 Å². The minimum Gasteiger partial charge on any atom is -0.506 e. The van der Waals surface area contributed by atoms with Gasteiger partial charge in [0.2, 0.25) is 0 Å². The molecule has 0 bridgehead atoms. The molecule has 4 heteroatoms. The van der Waals surface area contributed by atoms with Gasteiger partial charge in [0, 0.05) is 5.56 Å². The van der Waals surface area contributed by atoms with E-state index in [-0.39, 0.29) is 22.5 Å². The highest BCUT2D eigenvalue weighted by Crippen LogP contribution is 2.32. The third-order valence-corrected chi connectivity index (χ3v) is 4.44. The number of hydrogen-bond acceptors (Lipinski definition) is 3. The Kier molecular flexibility index (Phi) is 5.79.